The van der Waals surface area contributed by atoms with Gasteiger partial charge in [-0.1, -0.05) is 11.8 Å². The number of thioether (sulfide) groups is 1. The van der Waals surface area contributed by atoms with Crippen molar-refractivity contribution >= 4 is 40.8 Å². The molecule has 0 aliphatic carbocycles. The summed E-state index contributed by atoms with van der Waals surface area (Å²) in [5.41, 5.74) is -1.37. The fourth-order valence-electron chi connectivity index (χ4n) is 2.42. The number of rotatable bonds is 11. The van der Waals surface area contributed by atoms with Crippen LogP contribution < -0.4 is 10.6 Å². The molecule has 0 radical (unpaired) electrons. The molecule has 33 heavy (non-hydrogen) atoms. The van der Waals surface area contributed by atoms with E-state index in [-0.39, 0.29) is 17.3 Å². The second-order valence-electron chi connectivity index (χ2n) is 9.42. The molecule has 2 amide bonds. The summed E-state index contributed by atoms with van der Waals surface area (Å²) in [6.07, 6.45) is -0.507. The molecule has 0 rings (SSSR count). The van der Waals surface area contributed by atoms with Gasteiger partial charge in [0.05, 0.1) is 0 Å². The van der Waals surface area contributed by atoms with Gasteiger partial charge >= 0.3 is 18.0 Å². The lowest BCUT2D eigenvalue weighted by Crippen LogP contribution is -2.49. The molecule has 190 valence electrons. The average Bonchev–Trinajstić information content (AvgIpc) is 2.60. The number of hydrogen-bond acceptors (Lipinski definition) is 9. The van der Waals surface area contributed by atoms with E-state index < -0.39 is 47.3 Å². The number of hydrogen-bond donors (Lipinski definition) is 2. The van der Waals surface area contributed by atoms with Gasteiger partial charge in [0.25, 0.3) is 5.91 Å². The highest BCUT2D eigenvalue weighted by Crippen LogP contribution is 2.13. The zero-order chi connectivity index (χ0) is 25.8. The highest BCUT2D eigenvalue weighted by molar-refractivity contribution is 8.13. The number of carbonyl (C=O) groups is 5. The van der Waals surface area contributed by atoms with Crippen LogP contribution in [0.5, 0.6) is 0 Å². The molecule has 0 aromatic heterocycles. The molecule has 0 aliphatic heterocycles. The second-order valence-corrected chi connectivity index (χ2v) is 10.6. The number of alkyl carbamates (subject to hydrolysis) is 1. The minimum Gasteiger partial charge on any atom is -0.458 e. The summed E-state index contributed by atoms with van der Waals surface area (Å²) < 4.78 is 15.6. The van der Waals surface area contributed by atoms with Gasteiger partial charge in [0, 0.05) is 26.1 Å². The Labute approximate surface area is 200 Å². The van der Waals surface area contributed by atoms with Gasteiger partial charge in [0.2, 0.25) is 0 Å². The quantitative estimate of drug-likeness (QED) is 0.254. The Bertz CT molecular complexity index is 697. The summed E-state index contributed by atoms with van der Waals surface area (Å²) >= 11 is 0.841. The van der Waals surface area contributed by atoms with Crippen LogP contribution in [0.1, 0.15) is 74.7 Å². The first-order chi connectivity index (χ1) is 15.0. The van der Waals surface area contributed by atoms with Gasteiger partial charge in [0.15, 0.2) is 11.2 Å². The van der Waals surface area contributed by atoms with Gasteiger partial charge in [-0.2, -0.15) is 0 Å². The lowest BCUT2D eigenvalue weighted by molar-refractivity contribution is -0.160. The van der Waals surface area contributed by atoms with Gasteiger partial charge in [-0.25, -0.2) is 9.59 Å². The molecule has 0 fully saturated rings. The molecule has 2 N–H and O–H groups in total. The lowest BCUT2D eigenvalue weighted by Gasteiger charge is -2.26. The first-order valence-electron chi connectivity index (χ1n) is 10.8. The average molecular weight is 491 g/mol. The maximum atomic E-state index is 12.7. The monoisotopic (exact) mass is 490 g/mol. The Balaban J connectivity index is 5.02. The maximum absolute atomic E-state index is 12.7. The van der Waals surface area contributed by atoms with E-state index in [9.17, 15) is 24.0 Å². The van der Waals surface area contributed by atoms with Crippen molar-refractivity contribution in [1.29, 1.82) is 0 Å². The number of unbranched alkanes of at least 4 members (excludes halogenated alkanes) is 1. The molecule has 1 unspecified atom stereocenters. The summed E-state index contributed by atoms with van der Waals surface area (Å²) in [4.78, 5) is 59.6. The lowest BCUT2D eigenvalue weighted by atomic mass is 10.1. The summed E-state index contributed by atoms with van der Waals surface area (Å²) in [5, 5.41) is 4.97. The van der Waals surface area contributed by atoms with Crippen LogP contribution in [-0.4, -0.2) is 64.7 Å². The van der Waals surface area contributed by atoms with Crippen LogP contribution in [0.4, 0.5) is 4.79 Å². The van der Waals surface area contributed by atoms with Gasteiger partial charge in [-0.3, -0.25) is 14.4 Å². The van der Waals surface area contributed by atoms with Crippen LogP contribution in [0.25, 0.3) is 0 Å². The van der Waals surface area contributed by atoms with E-state index >= 15 is 0 Å². The minimum absolute atomic E-state index is 0.0679. The summed E-state index contributed by atoms with van der Waals surface area (Å²) in [7, 11) is 0. The Morgan fingerprint density at radius 2 is 1.45 bits per heavy atom. The number of carbonyl (C=O) groups excluding carboxylic acids is 5. The van der Waals surface area contributed by atoms with E-state index in [0.29, 0.717) is 19.4 Å². The van der Waals surface area contributed by atoms with Crippen molar-refractivity contribution in [3.63, 3.8) is 0 Å². The highest BCUT2D eigenvalue weighted by atomic mass is 32.2. The zero-order valence-electron chi connectivity index (χ0n) is 20.9. The fourth-order valence-corrected chi connectivity index (χ4v) is 3.03. The Morgan fingerprint density at radius 3 is 1.94 bits per heavy atom. The van der Waals surface area contributed by atoms with Crippen molar-refractivity contribution in [3.8, 4) is 0 Å². The van der Waals surface area contributed by atoms with Gasteiger partial charge in [-0.15, -0.1) is 0 Å². The molecule has 0 saturated carbocycles. The Hall–Kier alpha value is -2.30. The zero-order valence-corrected chi connectivity index (χ0v) is 21.7. The predicted octanol–water partition coefficient (Wildman–Crippen LogP) is 2.72. The Morgan fingerprint density at radius 1 is 0.879 bits per heavy atom. The van der Waals surface area contributed by atoms with Crippen molar-refractivity contribution in [2.24, 2.45) is 0 Å². The minimum atomic E-state index is -1.23. The van der Waals surface area contributed by atoms with Crippen LogP contribution in [0, 0.1) is 0 Å². The summed E-state index contributed by atoms with van der Waals surface area (Å²) in [5.74, 6) is -2.07. The second kappa shape index (κ2) is 14.1. The van der Waals surface area contributed by atoms with Crippen LogP contribution in [-0.2, 0) is 33.4 Å². The van der Waals surface area contributed by atoms with E-state index in [1.54, 1.807) is 41.5 Å². The van der Waals surface area contributed by atoms with Gasteiger partial charge in [0.1, 0.15) is 17.2 Å². The summed E-state index contributed by atoms with van der Waals surface area (Å²) in [6.45, 7) is 13.2. The molecule has 0 heterocycles. The molecule has 0 saturated heterocycles. The molecular weight excluding hydrogens is 452 g/mol. The highest BCUT2D eigenvalue weighted by Gasteiger charge is 2.30. The number of amides is 2. The van der Waals surface area contributed by atoms with Gasteiger partial charge in [-0.05, 0) is 60.8 Å². The molecule has 2 atom stereocenters. The number of ether oxygens (including phenoxy) is 3. The normalized spacial score (nSPS) is 13.3. The van der Waals surface area contributed by atoms with Crippen molar-refractivity contribution < 1.29 is 38.2 Å². The third kappa shape index (κ3) is 16.9. The molecule has 0 aliphatic rings. The molecule has 0 bridgehead atoms. The van der Waals surface area contributed by atoms with Crippen molar-refractivity contribution in [3.05, 3.63) is 0 Å². The maximum Gasteiger partial charge on any atom is 0.407 e. The molecule has 0 aromatic rings. The van der Waals surface area contributed by atoms with E-state index in [1.807, 2.05) is 0 Å². The molecule has 0 spiro atoms. The molecule has 11 heteroatoms. The third-order valence-corrected chi connectivity index (χ3v) is 4.51. The van der Waals surface area contributed by atoms with E-state index in [1.165, 1.54) is 6.92 Å². The van der Waals surface area contributed by atoms with Crippen molar-refractivity contribution in [2.45, 2.75) is 98.0 Å². The topological polar surface area (TPSA) is 137 Å². The first-order valence-corrected chi connectivity index (χ1v) is 11.8. The largest absolute Gasteiger partial charge is 0.458 e. The van der Waals surface area contributed by atoms with Crippen LogP contribution >= 0.6 is 11.8 Å². The molecule has 0 aromatic carbocycles. The van der Waals surface area contributed by atoms with Crippen molar-refractivity contribution in [1.82, 2.24) is 10.6 Å². The van der Waals surface area contributed by atoms with E-state index in [4.69, 9.17) is 14.2 Å². The predicted molar refractivity (Wildman–Crippen MR) is 125 cm³/mol. The Kier molecular flexibility index (Phi) is 13.1. The van der Waals surface area contributed by atoms with E-state index in [2.05, 4.69) is 10.6 Å². The first kappa shape index (κ1) is 30.7. The van der Waals surface area contributed by atoms with E-state index in [0.717, 1.165) is 18.7 Å². The number of esters is 2. The fraction of sp³-hybridized carbons (Fsp3) is 0.773. The van der Waals surface area contributed by atoms with Crippen LogP contribution in [0.2, 0.25) is 0 Å². The van der Waals surface area contributed by atoms with Crippen molar-refractivity contribution in [2.75, 3.05) is 12.3 Å². The van der Waals surface area contributed by atoms with Crippen LogP contribution in [0.3, 0.4) is 0 Å². The van der Waals surface area contributed by atoms with Crippen LogP contribution in [0.15, 0.2) is 0 Å². The summed E-state index contributed by atoms with van der Waals surface area (Å²) in [6, 6.07) is -0.987. The number of nitrogens with one attached hydrogen (secondary N) is 2. The van der Waals surface area contributed by atoms with Gasteiger partial charge < -0.3 is 24.8 Å². The standard InChI is InChI=1S/C22H38N2O8S/c1-14(25)30-17(13-33-15(2)26)18(27)24-16(19(28)31-21(3,4)5)11-9-10-12-23-20(29)32-22(6,7)8/h16-17H,9-13H2,1-8H3,(H,23,29)(H,24,27)/t16-,17?/m0/s1. The SMILES string of the molecule is CC(=O)OC(CSC(C)=O)C(=O)N[C@@H](CCCCNC(=O)OC(C)(C)C)C(=O)OC(C)(C)C. The molecular formula is C22H38N2O8S. The smallest absolute Gasteiger partial charge is 0.407 e. The molecule has 10 nitrogen and oxygen atoms in total. The third-order valence-electron chi connectivity index (χ3n) is 3.63.